The fourth-order valence-electron chi connectivity index (χ4n) is 2.16. The first-order valence-corrected chi connectivity index (χ1v) is 7.39. The Morgan fingerprint density at radius 3 is 2.88 bits per heavy atom. The molecular formula is C13H21NO2S. The highest BCUT2D eigenvalue weighted by atomic mass is 32.1. The number of aromatic nitrogens is 1. The molecule has 0 aliphatic heterocycles. The summed E-state index contributed by atoms with van der Waals surface area (Å²) in [5.74, 6) is 0. The highest BCUT2D eigenvalue weighted by Gasteiger charge is 2.19. The molecule has 1 aliphatic rings. The normalized spacial score (nSPS) is 25.1. The molecule has 1 N–H and O–H groups in total. The van der Waals surface area contributed by atoms with E-state index in [1.54, 1.807) is 11.3 Å². The van der Waals surface area contributed by atoms with Crippen LogP contribution in [-0.4, -0.2) is 22.3 Å². The lowest BCUT2D eigenvalue weighted by atomic mass is 9.95. The number of hydrogen-bond acceptors (Lipinski definition) is 4. The molecule has 96 valence electrons. The van der Waals surface area contributed by atoms with Crippen LogP contribution < -0.4 is 0 Å². The molecule has 0 atom stereocenters. The summed E-state index contributed by atoms with van der Waals surface area (Å²) in [6.45, 7) is 2.80. The molecule has 0 saturated heterocycles. The van der Waals surface area contributed by atoms with Gasteiger partial charge in [0.1, 0.15) is 0 Å². The summed E-state index contributed by atoms with van der Waals surface area (Å²) in [5.41, 5.74) is 1.06. The van der Waals surface area contributed by atoms with Gasteiger partial charge < -0.3 is 9.84 Å². The second-order valence-electron chi connectivity index (χ2n) is 4.72. The lowest BCUT2D eigenvalue weighted by molar-refractivity contribution is -0.0128. The predicted molar refractivity (Wildman–Crippen MR) is 69.2 cm³/mol. The van der Waals surface area contributed by atoms with Gasteiger partial charge in [0.15, 0.2) is 0 Å². The Balaban J connectivity index is 1.73. The molecular weight excluding hydrogens is 234 g/mol. The van der Waals surface area contributed by atoms with E-state index in [0.717, 1.165) is 44.2 Å². The predicted octanol–water partition coefficient (Wildman–Crippen LogP) is 2.92. The summed E-state index contributed by atoms with van der Waals surface area (Å²) >= 11 is 1.73. The SMILES string of the molecule is CCCc1nc(COC2CCC(O)CC2)cs1. The van der Waals surface area contributed by atoms with Crippen LogP contribution >= 0.6 is 11.3 Å². The maximum absolute atomic E-state index is 9.41. The molecule has 1 aromatic rings. The first kappa shape index (κ1) is 13.0. The van der Waals surface area contributed by atoms with Gasteiger partial charge in [-0.15, -0.1) is 11.3 Å². The van der Waals surface area contributed by atoms with Crippen molar-refractivity contribution in [2.24, 2.45) is 0 Å². The van der Waals surface area contributed by atoms with E-state index < -0.39 is 0 Å². The van der Waals surface area contributed by atoms with Crippen LogP contribution in [0.1, 0.15) is 49.7 Å². The van der Waals surface area contributed by atoms with E-state index in [-0.39, 0.29) is 6.10 Å². The van der Waals surface area contributed by atoms with E-state index in [4.69, 9.17) is 4.74 Å². The molecule has 1 heterocycles. The molecule has 1 fully saturated rings. The molecule has 1 saturated carbocycles. The Morgan fingerprint density at radius 2 is 2.18 bits per heavy atom. The van der Waals surface area contributed by atoms with Crippen molar-refractivity contribution in [2.75, 3.05) is 0 Å². The minimum absolute atomic E-state index is 0.106. The molecule has 3 nitrogen and oxygen atoms in total. The van der Waals surface area contributed by atoms with Gasteiger partial charge in [-0.05, 0) is 38.5 Å². The van der Waals surface area contributed by atoms with E-state index >= 15 is 0 Å². The van der Waals surface area contributed by atoms with Gasteiger partial charge in [-0.2, -0.15) is 0 Å². The molecule has 4 heteroatoms. The monoisotopic (exact) mass is 255 g/mol. The molecule has 1 aliphatic carbocycles. The summed E-state index contributed by atoms with van der Waals surface area (Å²) in [5, 5.41) is 12.7. The average molecular weight is 255 g/mol. The first-order valence-electron chi connectivity index (χ1n) is 6.51. The molecule has 1 aromatic heterocycles. The maximum atomic E-state index is 9.41. The average Bonchev–Trinajstić information content (AvgIpc) is 2.77. The van der Waals surface area contributed by atoms with E-state index in [0.29, 0.717) is 12.7 Å². The van der Waals surface area contributed by atoms with Crippen LogP contribution in [0.5, 0.6) is 0 Å². The summed E-state index contributed by atoms with van der Waals surface area (Å²) in [7, 11) is 0. The second-order valence-corrected chi connectivity index (χ2v) is 5.67. The molecule has 0 unspecified atom stereocenters. The van der Waals surface area contributed by atoms with E-state index in [9.17, 15) is 5.11 Å². The highest BCUT2D eigenvalue weighted by molar-refractivity contribution is 7.09. The largest absolute Gasteiger partial charge is 0.393 e. The van der Waals surface area contributed by atoms with Crippen LogP contribution in [0.15, 0.2) is 5.38 Å². The number of aliphatic hydroxyl groups is 1. The van der Waals surface area contributed by atoms with Crippen LogP contribution in [0.2, 0.25) is 0 Å². The van der Waals surface area contributed by atoms with Gasteiger partial charge in [-0.1, -0.05) is 6.92 Å². The highest BCUT2D eigenvalue weighted by Crippen LogP contribution is 2.22. The topological polar surface area (TPSA) is 42.4 Å². The van der Waals surface area contributed by atoms with Crippen molar-refractivity contribution >= 4 is 11.3 Å². The van der Waals surface area contributed by atoms with Crippen LogP contribution in [0.25, 0.3) is 0 Å². The van der Waals surface area contributed by atoms with Crippen LogP contribution in [0.3, 0.4) is 0 Å². The van der Waals surface area contributed by atoms with Crippen LogP contribution in [-0.2, 0) is 17.8 Å². The Labute approximate surface area is 107 Å². The van der Waals surface area contributed by atoms with Gasteiger partial charge in [0.2, 0.25) is 0 Å². The summed E-state index contributed by atoms with van der Waals surface area (Å²) < 4.78 is 5.84. The zero-order chi connectivity index (χ0) is 12.1. The van der Waals surface area contributed by atoms with Crippen molar-refractivity contribution in [3.8, 4) is 0 Å². The number of rotatable bonds is 5. The lowest BCUT2D eigenvalue weighted by Gasteiger charge is -2.25. The second kappa shape index (κ2) is 6.47. The van der Waals surface area contributed by atoms with E-state index in [2.05, 4.69) is 17.3 Å². The number of ether oxygens (including phenoxy) is 1. The Hall–Kier alpha value is -0.450. The van der Waals surface area contributed by atoms with Crippen LogP contribution in [0, 0.1) is 0 Å². The van der Waals surface area contributed by atoms with E-state index in [1.807, 2.05) is 0 Å². The fraction of sp³-hybridized carbons (Fsp3) is 0.769. The van der Waals surface area contributed by atoms with Gasteiger partial charge >= 0.3 is 0 Å². The number of hydrogen-bond donors (Lipinski definition) is 1. The molecule has 0 radical (unpaired) electrons. The van der Waals surface area contributed by atoms with Crippen molar-refractivity contribution in [3.05, 3.63) is 16.1 Å². The molecule has 2 rings (SSSR count). The standard InChI is InChI=1S/C13H21NO2S/c1-2-3-13-14-10(9-17-13)8-16-12-6-4-11(15)5-7-12/h9,11-12,15H,2-8H2,1H3. The smallest absolute Gasteiger partial charge is 0.0929 e. The van der Waals surface area contributed by atoms with Gasteiger partial charge in [-0.25, -0.2) is 4.98 Å². The Bertz CT molecular complexity index is 332. The Kier molecular flexibility index (Phi) is 4.95. The van der Waals surface area contributed by atoms with Gasteiger partial charge in [0, 0.05) is 5.38 Å². The van der Waals surface area contributed by atoms with Crippen molar-refractivity contribution in [1.82, 2.24) is 4.98 Å². The van der Waals surface area contributed by atoms with Crippen LogP contribution in [0.4, 0.5) is 0 Å². The number of nitrogens with zero attached hydrogens (tertiary/aromatic N) is 1. The summed E-state index contributed by atoms with van der Waals surface area (Å²) in [6, 6.07) is 0. The maximum Gasteiger partial charge on any atom is 0.0929 e. The number of thiazole rings is 1. The fourth-order valence-corrected chi connectivity index (χ4v) is 3.04. The van der Waals surface area contributed by atoms with E-state index in [1.165, 1.54) is 5.01 Å². The third-order valence-electron chi connectivity index (χ3n) is 3.17. The van der Waals surface area contributed by atoms with Crippen molar-refractivity contribution in [1.29, 1.82) is 0 Å². The molecule has 0 amide bonds. The summed E-state index contributed by atoms with van der Waals surface area (Å²) in [6.07, 6.45) is 6.14. The van der Waals surface area contributed by atoms with Gasteiger partial charge in [0.05, 0.1) is 29.5 Å². The van der Waals surface area contributed by atoms with Gasteiger partial charge in [-0.3, -0.25) is 0 Å². The minimum atomic E-state index is -0.106. The molecule has 0 aromatic carbocycles. The van der Waals surface area contributed by atoms with Gasteiger partial charge in [0.25, 0.3) is 0 Å². The lowest BCUT2D eigenvalue weighted by Crippen LogP contribution is -2.24. The zero-order valence-electron chi connectivity index (χ0n) is 10.4. The molecule has 17 heavy (non-hydrogen) atoms. The number of aliphatic hydroxyl groups excluding tert-OH is 1. The number of aryl methyl sites for hydroxylation is 1. The summed E-state index contributed by atoms with van der Waals surface area (Å²) in [4.78, 5) is 4.54. The minimum Gasteiger partial charge on any atom is -0.393 e. The third kappa shape index (κ3) is 4.05. The molecule has 0 spiro atoms. The van der Waals surface area contributed by atoms with Crippen molar-refractivity contribution in [3.63, 3.8) is 0 Å². The molecule has 0 bridgehead atoms. The van der Waals surface area contributed by atoms with Crippen molar-refractivity contribution < 1.29 is 9.84 Å². The zero-order valence-corrected chi connectivity index (χ0v) is 11.2. The quantitative estimate of drug-likeness (QED) is 0.879. The Morgan fingerprint density at radius 1 is 1.41 bits per heavy atom. The third-order valence-corrected chi connectivity index (χ3v) is 4.13. The first-order chi connectivity index (χ1) is 8.28. The van der Waals surface area contributed by atoms with Crippen molar-refractivity contribution in [2.45, 2.75) is 64.3 Å².